The molecule has 0 bridgehead atoms. The fourth-order valence-corrected chi connectivity index (χ4v) is 5.35. The minimum atomic E-state index is -0.618. The smallest absolute Gasteiger partial charge is 0.143 e. The average molecular weight is 504 g/mol. The van der Waals surface area contributed by atoms with E-state index in [0.29, 0.717) is 5.57 Å². The zero-order chi connectivity index (χ0) is 21.9. The van der Waals surface area contributed by atoms with Gasteiger partial charge in [-0.25, -0.2) is 0 Å². The Morgan fingerprint density at radius 2 is 2.03 bits per heavy atom. The SMILES string of the molecule is C=C(/C(=C\SCc1ccc(Br)s1)c1ccc(C)cc1)C(N=O)C1=CNCC=C1.CC. The molecule has 2 heterocycles. The molecule has 3 rings (SSSR count). The van der Waals surface area contributed by atoms with E-state index >= 15 is 0 Å². The molecule has 1 aromatic carbocycles. The van der Waals surface area contributed by atoms with Crippen molar-refractivity contribution in [1.29, 1.82) is 0 Å². The first-order valence-electron chi connectivity index (χ1n) is 9.83. The maximum absolute atomic E-state index is 11.7. The minimum absolute atomic E-state index is 0.618. The van der Waals surface area contributed by atoms with Crippen LogP contribution in [0, 0.1) is 11.8 Å². The predicted octanol–water partition coefficient (Wildman–Crippen LogP) is 7.85. The molecule has 0 spiro atoms. The quantitative estimate of drug-likeness (QED) is 0.295. The van der Waals surface area contributed by atoms with Gasteiger partial charge in [0.1, 0.15) is 6.04 Å². The third-order valence-corrected chi connectivity index (χ3v) is 7.02. The van der Waals surface area contributed by atoms with Crippen molar-refractivity contribution in [2.75, 3.05) is 6.54 Å². The molecule has 0 aliphatic carbocycles. The maximum atomic E-state index is 11.7. The van der Waals surface area contributed by atoms with Crippen LogP contribution in [-0.2, 0) is 5.75 Å². The van der Waals surface area contributed by atoms with Crippen LogP contribution in [0.4, 0.5) is 0 Å². The first-order valence-corrected chi connectivity index (χ1v) is 12.5. The molecular formula is C24H27BrN2OS2. The van der Waals surface area contributed by atoms with Crippen molar-refractivity contribution in [3.63, 3.8) is 0 Å². The molecular weight excluding hydrogens is 476 g/mol. The molecule has 2 aromatic rings. The van der Waals surface area contributed by atoms with Gasteiger partial charge >= 0.3 is 0 Å². The second-order valence-corrected chi connectivity index (χ2v) is 9.81. The third kappa shape index (κ3) is 6.83. The van der Waals surface area contributed by atoms with Crippen molar-refractivity contribution >= 4 is 44.6 Å². The van der Waals surface area contributed by atoms with Gasteiger partial charge in [0.25, 0.3) is 0 Å². The van der Waals surface area contributed by atoms with E-state index in [1.807, 2.05) is 32.2 Å². The molecule has 1 aliphatic heterocycles. The molecule has 1 aromatic heterocycles. The second kappa shape index (κ2) is 12.7. The van der Waals surface area contributed by atoms with Crippen molar-refractivity contribution in [2.24, 2.45) is 5.18 Å². The number of benzene rings is 1. The van der Waals surface area contributed by atoms with Crippen LogP contribution in [0.25, 0.3) is 5.57 Å². The van der Waals surface area contributed by atoms with Gasteiger partial charge in [-0.1, -0.05) is 67.6 Å². The van der Waals surface area contributed by atoms with Crippen LogP contribution < -0.4 is 5.32 Å². The topological polar surface area (TPSA) is 41.5 Å². The van der Waals surface area contributed by atoms with Crippen LogP contribution in [0.15, 0.2) is 86.8 Å². The van der Waals surface area contributed by atoms with Gasteiger partial charge in [0.05, 0.1) is 3.79 Å². The molecule has 1 unspecified atom stereocenters. The predicted molar refractivity (Wildman–Crippen MR) is 138 cm³/mol. The number of halogens is 1. The number of nitrogens with zero attached hydrogens (tertiary/aromatic N) is 1. The Kier molecular flexibility index (Phi) is 10.3. The Balaban J connectivity index is 0.00000155. The summed E-state index contributed by atoms with van der Waals surface area (Å²) in [7, 11) is 0. The van der Waals surface area contributed by atoms with E-state index < -0.39 is 6.04 Å². The number of aryl methyl sites for hydroxylation is 1. The lowest BCUT2D eigenvalue weighted by molar-refractivity contribution is 0.873. The highest BCUT2D eigenvalue weighted by Crippen LogP contribution is 2.34. The number of rotatable bonds is 8. The standard InChI is InChI=1S/C22H21BrN2OS2.C2H6/c1-15-5-7-17(8-6-15)20(14-27-13-19-9-10-21(23)28-19)16(2)22(25-26)18-4-3-11-24-12-18;1-2/h3-10,12,14,22,24H,2,11,13H2,1H3;1-2H3/b20-14+;. The van der Waals surface area contributed by atoms with Crippen molar-refractivity contribution in [1.82, 2.24) is 5.32 Å². The number of thioether (sulfide) groups is 1. The molecule has 0 saturated heterocycles. The molecule has 30 heavy (non-hydrogen) atoms. The van der Waals surface area contributed by atoms with Crippen molar-refractivity contribution < 1.29 is 0 Å². The molecule has 0 amide bonds. The third-order valence-electron chi connectivity index (χ3n) is 4.33. The van der Waals surface area contributed by atoms with E-state index in [1.165, 1.54) is 10.4 Å². The summed E-state index contributed by atoms with van der Waals surface area (Å²) in [5.74, 6) is 0.863. The normalized spacial score (nSPS) is 14.1. The van der Waals surface area contributed by atoms with Crippen LogP contribution in [0.1, 0.15) is 29.9 Å². The first kappa shape index (κ1) is 24.4. The van der Waals surface area contributed by atoms with Gasteiger partial charge in [0.15, 0.2) is 0 Å². The molecule has 3 nitrogen and oxygen atoms in total. The van der Waals surface area contributed by atoms with Crippen LogP contribution >= 0.6 is 39.0 Å². The van der Waals surface area contributed by atoms with E-state index in [-0.39, 0.29) is 0 Å². The summed E-state index contributed by atoms with van der Waals surface area (Å²) in [6.45, 7) is 11.1. The Bertz CT molecular complexity index is 942. The van der Waals surface area contributed by atoms with E-state index in [1.54, 1.807) is 23.1 Å². The average Bonchev–Trinajstić information content (AvgIpc) is 3.20. The van der Waals surface area contributed by atoms with E-state index in [4.69, 9.17) is 0 Å². The fraction of sp³-hybridized carbons (Fsp3) is 0.250. The lowest BCUT2D eigenvalue weighted by atomic mass is 9.90. The van der Waals surface area contributed by atoms with Crippen molar-refractivity contribution in [2.45, 2.75) is 32.6 Å². The number of hydrogen-bond acceptors (Lipinski definition) is 5. The van der Waals surface area contributed by atoms with Crippen LogP contribution in [0.3, 0.4) is 0 Å². The first-order chi connectivity index (χ1) is 14.6. The highest BCUT2D eigenvalue weighted by Gasteiger charge is 2.22. The fourth-order valence-electron chi connectivity index (χ4n) is 2.83. The van der Waals surface area contributed by atoms with Gasteiger partial charge in [-0.2, -0.15) is 0 Å². The highest BCUT2D eigenvalue weighted by atomic mass is 79.9. The summed E-state index contributed by atoms with van der Waals surface area (Å²) in [5, 5.41) is 8.62. The number of thiophene rings is 1. The van der Waals surface area contributed by atoms with Crippen LogP contribution in [0.2, 0.25) is 0 Å². The lowest BCUT2D eigenvalue weighted by Crippen LogP contribution is -2.18. The summed E-state index contributed by atoms with van der Waals surface area (Å²) in [6, 6.07) is 11.8. The monoisotopic (exact) mass is 502 g/mol. The van der Waals surface area contributed by atoms with Crippen LogP contribution in [0.5, 0.6) is 0 Å². The van der Waals surface area contributed by atoms with Crippen molar-refractivity contribution in [3.05, 3.63) is 103 Å². The Morgan fingerprint density at radius 3 is 2.60 bits per heavy atom. The summed E-state index contributed by atoms with van der Waals surface area (Å²) >= 11 is 6.93. The molecule has 1 N–H and O–H groups in total. The number of dihydropyridines is 1. The largest absolute Gasteiger partial charge is 0.387 e. The highest BCUT2D eigenvalue weighted by molar-refractivity contribution is 9.11. The Morgan fingerprint density at radius 1 is 1.30 bits per heavy atom. The minimum Gasteiger partial charge on any atom is -0.387 e. The van der Waals surface area contributed by atoms with Gasteiger partial charge in [0, 0.05) is 23.4 Å². The Hall–Kier alpha value is -1.89. The maximum Gasteiger partial charge on any atom is 0.143 e. The van der Waals surface area contributed by atoms with Gasteiger partial charge in [0.2, 0.25) is 0 Å². The number of nitrogens with one attached hydrogen (secondary N) is 1. The Labute approximate surface area is 196 Å². The van der Waals surface area contributed by atoms with Crippen molar-refractivity contribution in [3.8, 4) is 0 Å². The molecule has 0 radical (unpaired) electrons. The van der Waals surface area contributed by atoms with Gasteiger partial charge in [-0.3, -0.25) is 0 Å². The molecule has 158 valence electrons. The number of hydrogen-bond donors (Lipinski definition) is 1. The second-order valence-electron chi connectivity index (χ2n) is 6.40. The zero-order valence-electron chi connectivity index (χ0n) is 17.5. The van der Waals surface area contributed by atoms with E-state index in [0.717, 1.165) is 32.8 Å². The summed E-state index contributed by atoms with van der Waals surface area (Å²) in [4.78, 5) is 13.0. The summed E-state index contributed by atoms with van der Waals surface area (Å²) in [6.07, 6.45) is 5.77. The van der Waals surface area contributed by atoms with E-state index in [2.05, 4.69) is 81.7 Å². The molecule has 1 atom stereocenters. The van der Waals surface area contributed by atoms with Crippen LogP contribution in [-0.4, -0.2) is 12.6 Å². The van der Waals surface area contributed by atoms with E-state index in [9.17, 15) is 4.91 Å². The molecule has 1 aliphatic rings. The van der Waals surface area contributed by atoms with Gasteiger partial charge in [-0.05, 0) is 62.7 Å². The van der Waals surface area contributed by atoms with Gasteiger partial charge in [-0.15, -0.1) is 28.0 Å². The molecule has 0 saturated carbocycles. The lowest BCUT2D eigenvalue weighted by Gasteiger charge is -2.19. The summed E-state index contributed by atoms with van der Waals surface area (Å²) in [5.41, 5.74) is 4.72. The van der Waals surface area contributed by atoms with Gasteiger partial charge < -0.3 is 5.32 Å². The molecule has 0 fully saturated rings. The molecule has 6 heteroatoms. The number of nitroso groups, excluding NO2 is 1. The summed E-state index contributed by atoms with van der Waals surface area (Å²) < 4.78 is 1.13. The zero-order valence-corrected chi connectivity index (χ0v) is 20.7.